The van der Waals surface area contributed by atoms with E-state index >= 15 is 0 Å². The van der Waals surface area contributed by atoms with Crippen LogP contribution >= 0.6 is 0 Å². The van der Waals surface area contributed by atoms with E-state index in [0.29, 0.717) is 6.54 Å². The van der Waals surface area contributed by atoms with Crippen LogP contribution in [0, 0.1) is 0 Å². The molecule has 0 fully saturated rings. The number of aromatic carboxylic acids is 1. The summed E-state index contributed by atoms with van der Waals surface area (Å²) >= 11 is 0. The molecule has 2 aromatic heterocycles. The van der Waals surface area contributed by atoms with Gasteiger partial charge in [0.25, 0.3) is 11.9 Å². The Labute approximate surface area is 163 Å². The van der Waals surface area contributed by atoms with Crippen LogP contribution in [0.2, 0.25) is 0 Å². The van der Waals surface area contributed by atoms with E-state index in [-0.39, 0.29) is 11.7 Å². The van der Waals surface area contributed by atoms with Crippen molar-refractivity contribution in [3.8, 4) is 0 Å². The molecular weight excluding hydrogens is 366 g/mol. The van der Waals surface area contributed by atoms with Gasteiger partial charge in [0, 0.05) is 38.8 Å². The quantitative estimate of drug-likeness (QED) is 0.582. The van der Waals surface area contributed by atoms with E-state index in [1.165, 1.54) is 6.07 Å². The molecule has 0 radical (unpaired) electrons. The number of carboxylic acids is 3. The van der Waals surface area contributed by atoms with E-state index in [0.717, 1.165) is 31.5 Å². The van der Waals surface area contributed by atoms with Crippen LogP contribution in [-0.4, -0.2) is 43.2 Å². The molecule has 0 saturated carbocycles. The molecule has 0 aliphatic rings. The van der Waals surface area contributed by atoms with Crippen molar-refractivity contribution in [3.63, 3.8) is 0 Å². The van der Waals surface area contributed by atoms with Gasteiger partial charge >= 0.3 is 5.97 Å². The van der Waals surface area contributed by atoms with Gasteiger partial charge in [-0.15, -0.1) is 0 Å². The fourth-order valence-electron chi connectivity index (χ4n) is 2.02. The molecule has 0 saturated heterocycles. The first-order chi connectivity index (χ1) is 13.2. The Morgan fingerprint density at radius 3 is 2.00 bits per heavy atom. The number of aliphatic carboxylic acids is 2. The monoisotopic (exact) mass is 391 g/mol. The third-order valence-corrected chi connectivity index (χ3v) is 3.07. The summed E-state index contributed by atoms with van der Waals surface area (Å²) in [6.45, 7) is 4.79. The lowest BCUT2D eigenvalue weighted by atomic mass is 10.1. The molecular formula is C19H25N3O6. The van der Waals surface area contributed by atoms with Gasteiger partial charge in [0.1, 0.15) is 5.69 Å². The lowest BCUT2D eigenvalue weighted by molar-refractivity contribution is -0.135. The highest BCUT2D eigenvalue weighted by atomic mass is 16.4. The molecule has 0 aliphatic carbocycles. The van der Waals surface area contributed by atoms with Crippen LogP contribution in [0.5, 0.6) is 0 Å². The number of aromatic nitrogens is 2. The van der Waals surface area contributed by atoms with Gasteiger partial charge in [0.05, 0.1) is 5.69 Å². The van der Waals surface area contributed by atoms with Gasteiger partial charge in [-0.25, -0.2) is 9.78 Å². The third kappa shape index (κ3) is 12.1. The highest BCUT2D eigenvalue weighted by Gasteiger charge is 2.10. The van der Waals surface area contributed by atoms with E-state index in [2.05, 4.69) is 22.2 Å². The molecule has 0 amide bonds. The van der Waals surface area contributed by atoms with Gasteiger partial charge in [-0.1, -0.05) is 13.0 Å². The molecule has 9 nitrogen and oxygen atoms in total. The molecule has 152 valence electrons. The molecule has 2 heterocycles. The third-order valence-electron chi connectivity index (χ3n) is 3.07. The topological polar surface area (TPSA) is 150 Å². The van der Waals surface area contributed by atoms with E-state index in [1.54, 1.807) is 18.5 Å². The number of rotatable bonds is 6. The van der Waals surface area contributed by atoms with Crippen molar-refractivity contribution in [2.75, 3.05) is 0 Å². The summed E-state index contributed by atoms with van der Waals surface area (Å²) in [5.74, 6) is -2.67. The van der Waals surface area contributed by atoms with Crippen molar-refractivity contribution in [3.05, 3.63) is 59.7 Å². The number of hydrogen-bond acceptors (Lipinski definition) is 6. The van der Waals surface area contributed by atoms with E-state index in [4.69, 9.17) is 24.9 Å². The molecule has 2 aromatic rings. The number of hydrogen-bond donors (Lipinski definition) is 4. The Bertz CT molecular complexity index is 732. The minimum Gasteiger partial charge on any atom is -0.481 e. The number of nitrogens with zero attached hydrogens (tertiary/aromatic N) is 2. The standard InChI is InChI=1S/C15H17N3O2.2C2H4O2/c1-2-13(11-6-8-16-9-7-11)17-10-12-4-3-5-14(18-12)15(19)20;2*1-2(3)4/h3-9,13,17H,2,10H2,1H3,(H,19,20);2*1H3,(H,3,4). The fourth-order valence-corrected chi connectivity index (χ4v) is 2.02. The Balaban J connectivity index is 0.000000776. The van der Waals surface area contributed by atoms with Gasteiger partial charge < -0.3 is 20.6 Å². The Hall–Kier alpha value is -3.33. The van der Waals surface area contributed by atoms with Crippen molar-refractivity contribution >= 4 is 17.9 Å². The van der Waals surface area contributed by atoms with Gasteiger partial charge in [0.15, 0.2) is 0 Å². The summed E-state index contributed by atoms with van der Waals surface area (Å²) in [5.41, 5.74) is 1.95. The SMILES string of the molecule is CC(=O)O.CC(=O)O.CCC(NCc1cccc(C(=O)O)n1)c1ccncc1. The molecule has 4 N–H and O–H groups in total. The highest BCUT2D eigenvalue weighted by Crippen LogP contribution is 2.15. The molecule has 2 rings (SSSR count). The minimum atomic E-state index is -1.01. The highest BCUT2D eigenvalue weighted by molar-refractivity contribution is 5.85. The van der Waals surface area contributed by atoms with Crippen LogP contribution in [0.15, 0.2) is 42.7 Å². The summed E-state index contributed by atoms with van der Waals surface area (Å²) in [4.78, 5) is 37.0. The predicted octanol–water partition coefficient (Wildman–Crippen LogP) is 2.60. The largest absolute Gasteiger partial charge is 0.481 e. The smallest absolute Gasteiger partial charge is 0.354 e. The van der Waals surface area contributed by atoms with E-state index in [1.807, 2.05) is 18.2 Å². The molecule has 0 spiro atoms. The molecule has 1 atom stereocenters. The van der Waals surface area contributed by atoms with Crippen molar-refractivity contribution in [1.29, 1.82) is 0 Å². The van der Waals surface area contributed by atoms with Crippen LogP contribution in [-0.2, 0) is 16.1 Å². The average molecular weight is 391 g/mol. The maximum Gasteiger partial charge on any atom is 0.354 e. The summed E-state index contributed by atoms with van der Waals surface area (Å²) in [7, 11) is 0. The second kappa shape index (κ2) is 13.8. The maximum absolute atomic E-state index is 10.9. The molecule has 0 aliphatic heterocycles. The second-order valence-corrected chi connectivity index (χ2v) is 5.48. The molecule has 0 aromatic carbocycles. The average Bonchev–Trinajstić information content (AvgIpc) is 2.62. The van der Waals surface area contributed by atoms with Gasteiger partial charge in [-0.05, 0) is 36.2 Å². The summed E-state index contributed by atoms with van der Waals surface area (Å²) < 4.78 is 0. The first-order valence-corrected chi connectivity index (χ1v) is 8.38. The van der Waals surface area contributed by atoms with Crippen LogP contribution < -0.4 is 5.32 Å². The lowest BCUT2D eigenvalue weighted by Gasteiger charge is -2.17. The maximum atomic E-state index is 10.9. The first-order valence-electron chi connectivity index (χ1n) is 8.38. The zero-order valence-electron chi connectivity index (χ0n) is 16.0. The van der Waals surface area contributed by atoms with E-state index < -0.39 is 17.9 Å². The van der Waals surface area contributed by atoms with Crippen LogP contribution in [0.4, 0.5) is 0 Å². The predicted molar refractivity (Wildman–Crippen MR) is 102 cm³/mol. The van der Waals surface area contributed by atoms with Gasteiger partial charge in [-0.2, -0.15) is 0 Å². The fraction of sp³-hybridized carbons (Fsp3) is 0.316. The minimum absolute atomic E-state index is 0.0706. The van der Waals surface area contributed by atoms with Crippen molar-refractivity contribution in [2.45, 2.75) is 39.8 Å². The number of pyridine rings is 2. The molecule has 1 unspecified atom stereocenters. The van der Waals surface area contributed by atoms with Gasteiger partial charge in [0.2, 0.25) is 0 Å². The zero-order chi connectivity index (χ0) is 21.5. The summed E-state index contributed by atoms with van der Waals surface area (Å²) in [6.07, 6.45) is 4.47. The Kier molecular flexibility index (Phi) is 12.2. The number of nitrogens with one attached hydrogen (secondary N) is 1. The number of carboxylic acid groups (broad SMARTS) is 3. The van der Waals surface area contributed by atoms with Gasteiger partial charge in [-0.3, -0.25) is 14.6 Å². The normalized spacial score (nSPS) is 10.4. The Morgan fingerprint density at radius 1 is 1.00 bits per heavy atom. The van der Waals surface area contributed by atoms with Crippen LogP contribution in [0.1, 0.15) is 55.0 Å². The molecule has 28 heavy (non-hydrogen) atoms. The molecule has 9 heteroatoms. The van der Waals surface area contributed by atoms with Crippen molar-refractivity contribution < 1.29 is 29.7 Å². The zero-order valence-corrected chi connectivity index (χ0v) is 16.0. The van der Waals surface area contributed by atoms with Crippen LogP contribution in [0.25, 0.3) is 0 Å². The Morgan fingerprint density at radius 2 is 1.54 bits per heavy atom. The van der Waals surface area contributed by atoms with Crippen molar-refractivity contribution in [2.24, 2.45) is 0 Å². The summed E-state index contributed by atoms with van der Waals surface area (Å²) in [5, 5.41) is 27.1. The number of carbonyl (C=O) groups is 3. The molecule has 0 bridgehead atoms. The second-order valence-electron chi connectivity index (χ2n) is 5.48. The van der Waals surface area contributed by atoms with Crippen molar-refractivity contribution in [1.82, 2.24) is 15.3 Å². The lowest BCUT2D eigenvalue weighted by Crippen LogP contribution is -2.21. The van der Waals surface area contributed by atoms with E-state index in [9.17, 15) is 4.79 Å². The van der Waals surface area contributed by atoms with Crippen LogP contribution in [0.3, 0.4) is 0 Å². The first kappa shape index (κ1) is 24.7. The summed E-state index contributed by atoms with van der Waals surface area (Å²) in [6, 6.07) is 9.17.